The minimum Gasteiger partial charge on any atom is -0.370 e. The third kappa shape index (κ3) is 5.58. The molecule has 1 aromatic carbocycles. The zero-order valence-electron chi connectivity index (χ0n) is 18.4. The molecule has 0 spiro atoms. The Morgan fingerprint density at radius 1 is 1.29 bits per heavy atom. The number of nitrogens with zero attached hydrogens (tertiary/aromatic N) is 4. The van der Waals surface area contributed by atoms with Gasteiger partial charge in [0.15, 0.2) is 5.96 Å². The molecule has 2 fully saturated rings. The second-order valence-corrected chi connectivity index (χ2v) is 8.42. The molecule has 1 aliphatic carbocycles. The van der Waals surface area contributed by atoms with E-state index >= 15 is 0 Å². The van der Waals surface area contributed by atoms with Crippen molar-refractivity contribution in [3.05, 3.63) is 53.6 Å². The second-order valence-electron chi connectivity index (χ2n) is 8.42. The van der Waals surface area contributed by atoms with Crippen molar-refractivity contribution in [1.29, 1.82) is 0 Å². The summed E-state index contributed by atoms with van der Waals surface area (Å²) in [5.41, 5.74) is 2.30. The molecule has 1 saturated heterocycles. The molecule has 0 bridgehead atoms. The average Bonchev–Trinajstić information content (AvgIpc) is 3.42. The van der Waals surface area contributed by atoms with Crippen LogP contribution in [0.4, 0.5) is 4.39 Å². The fourth-order valence-electron chi connectivity index (χ4n) is 4.70. The largest absolute Gasteiger partial charge is 0.370 e. The highest BCUT2D eigenvalue weighted by Crippen LogP contribution is 2.41. The molecule has 2 aromatic rings. The number of aryl methyl sites for hydroxylation is 1. The van der Waals surface area contributed by atoms with E-state index in [-0.39, 0.29) is 41.3 Å². The highest BCUT2D eigenvalue weighted by atomic mass is 127. The number of ether oxygens (including phenoxy) is 1. The second kappa shape index (κ2) is 10.8. The molecule has 8 heteroatoms. The Bertz CT molecular complexity index is 863. The summed E-state index contributed by atoms with van der Waals surface area (Å²) < 4.78 is 21.3. The molecule has 1 aliphatic heterocycles. The molecule has 4 rings (SSSR count). The lowest BCUT2D eigenvalue weighted by Gasteiger charge is -2.36. The summed E-state index contributed by atoms with van der Waals surface area (Å²) in [6, 6.07) is 7.03. The highest BCUT2D eigenvalue weighted by molar-refractivity contribution is 14.0. The van der Waals surface area contributed by atoms with Gasteiger partial charge in [0.05, 0.1) is 25.9 Å². The van der Waals surface area contributed by atoms with Gasteiger partial charge < -0.3 is 15.0 Å². The van der Waals surface area contributed by atoms with Crippen LogP contribution in [0.1, 0.15) is 49.8 Å². The zero-order valence-corrected chi connectivity index (χ0v) is 20.7. The molecule has 2 heterocycles. The topological polar surface area (TPSA) is 54.7 Å². The molecule has 1 aromatic heterocycles. The minimum atomic E-state index is -0.182. The van der Waals surface area contributed by atoms with Gasteiger partial charge in [0.1, 0.15) is 11.9 Å². The molecule has 1 atom stereocenters. The lowest BCUT2D eigenvalue weighted by atomic mass is 9.79. The molecule has 31 heavy (non-hydrogen) atoms. The lowest BCUT2D eigenvalue weighted by molar-refractivity contribution is -0.00807. The van der Waals surface area contributed by atoms with Crippen LogP contribution in [0.25, 0.3) is 0 Å². The number of hydrogen-bond acceptors (Lipinski definition) is 3. The van der Waals surface area contributed by atoms with E-state index in [2.05, 4.69) is 22.2 Å². The van der Waals surface area contributed by atoms with E-state index in [1.807, 2.05) is 36.3 Å². The fraction of sp³-hybridized carbons (Fsp3) is 0.565. The monoisotopic (exact) mass is 541 g/mol. The lowest BCUT2D eigenvalue weighted by Crippen LogP contribution is -2.48. The first kappa shape index (κ1) is 24.0. The van der Waals surface area contributed by atoms with Crippen LogP contribution in [0.3, 0.4) is 0 Å². The van der Waals surface area contributed by atoms with Gasteiger partial charge in [-0.05, 0) is 37.5 Å². The average molecular weight is 541 g/mol. The first-order valence-corrected chi connectivity index (χ1v) is 11.0. The van der Waals surface area contributed by atoms with Gasteiger partial charge >= 0.3 is 0 Å². The van der Waals surface area contributed by atoms with E-state index < -0.39 is 0 Å². The number of hydrogen-bond donors (Lipinski definition) is 1. The Morgan fingerprint density at radius 3 is 2.68 bits per heavy atom. The van der Waals surface area contributed by atoms with Crippen molar-refractivity contribution in [2.75, 3.05) is 32.8 Å². The SMILES string of the molecule is CCNC(=NCC1(c2ccc(F)cc2)CCCC1)N1CCOC(c2cnn(C)c2)C1.I. The van der Waals surface area contributed by atoms with Gasteiger partial charge in [-0.2, -0.15) is 5.10 Å². The fourth-order valence-corrected chi connectivity index (χ4v) is 4.70. The van der Waals surface area contributed by atoms with Crippen LogP contribution in [-0.4, -0.2) is 53.4 Å². The van der Waals surface area contributed by atoms with Crippen LogP contribution in [0.15, 0.2) is 41.7 Å². The normalized spacial score (nSPS) is 21.1. The summed E-state index contributed by atoms with van der Waals surface area (Å²) in [7, 11) is 1.92. The van der Waals surface area contributed by atoms with Crippen LogP contribution >= 0.6 is 24.0 Å². The number of nitrogens with one attached hydrogen (secondary N) is 1. The summed E-state index contributed by atoms with van der Waals surface area (Å²) in [5, 5.41) is 7.75. The van der Waals surface area contributed by atoms with Crippen LogP contribution < -0.4 is 5.32 Å². The van der Waals surface area contributed by atoms with Crippen molar-refractivity contribution in [2.24, 2.45) is 12.0 Å². The standard InChI is InChI=1S/C23H32FN5O.HI/c1-3-25-22(29-12-13-30-21(16-29)18-14-27-28(2)15-18)26-17-23(10-4-5-11-23)19-6-8-20(24)9-7-19;/h6-9,14-15,21H,3-5,10-13,16-17H2,1-2H3,(H,25,26);1H. The quantitative estimate of drug-likeness (QED) is 0.353. The molecule has 2 aliphatic rings. The molecule has 1 unspecified atom stereocenters. The van der Waals surface area contributed by atoms with E-state index in [1.54, 1.807) is 12.1 Å². The van der Waals surface area contributed by atoms with Gasteiger partial charge in [0.2, 0.25) is 0 Å². The van der Waals surface area contributed by atoms with Crippen molar-refractivity contribution in [2.45, 2.75) is 44.1 Å². The predicted molar refractivity (Wildman–Crippen MR) is 131 cm³/mol. The highest BCUT2D eigenvalue weighted by Gasteiger charge is 2.36. The molecule has 0 radical (unpaired) electrons. The molecule has 1 saturated carbocycles. The van der Waals surface area contributed by atoms with Crippen LogP contribution in [-0.2, 0) is 17.2 Å². The van der Waals surface area contributed by atoms with Gasteiger partial charge in [-0.15, -0.1) is 24.0 Å². The smallest absolute Gasteiger partial charge is 0.194 e. The summed E-state index contributed by atoms with van der Waals surface area (Å²) >= 11 is 0. The van der Waals surface area contributed by atoms with Gasteiger partial charge in [-0.3, -0.25) is 9.67 Å². The first-order chi connectivity index (χ1) is 14.6. The van der Waals surface area contributed by atoms with Crippen molar-refractivity contribution < 1.29 is 9.13 Å². The van der Waals surface area contributed by atoms with Crippen molar-refractivity contribution in [3.63, 3.8) is 0 Å². The maximum atomic E-state index is 13.5. The first-order valence-electron chi connectivity index (χ1n) is 11.0. The summed E-state index contributed by atoms with van der Waals surface area (Å²) in [6.45, 7) is 5.85. The van der Waals surface area contributed by atoms with E-state index in [1.165, 1.54) is 18.4 Å². The van der Waals surface area contributed by atoms with Gasteiger partial charge in [0, 0.05) is 37.3 Å². The molecule has 6 nitrogen and oxygen atoms in total. The van der Waals surface area contributed by atoms with Gasteiger partial charge in [-0.25, -0.2) is 4.39 Å². The maximum absolute atomic E-state index is 13.5. The van der Waals surface area contributed by atoms with E-state index in [0.29, 0.717) is 6.61 Å². The van der Waals surface area contributed by atoms with E-state index in [4.69, 9.17) is 9.73 Å². The minimum absolute atomic E-state index is 0. The Morgan fingerprint density at radius 2 is 2.03 bits per heavy atom. The van der Waals surface area contributed by atoms with Gasteiger partial charge in [-0.1, -0.05) is 25.0 Å². The van der Waals surface area contributed by atoms with Crippen molar-refractivity contribution >= 4 is 29.9 Å². The van der Waals surface area contributed by atoms with E-state index in [9.17, 15) is 4.39 Å². The molecule has 170 valence electrons. The van der Waals surface area contributed by atoms with Crippen LogP contribution in [0.2, 0.25) is 0 Å². The number of aromatic nitrogens is 2. The van der Waals surface area contributed by atoms with Crippen LogP contribution in [0, 0.1) is 5.82 Å². The number of halogens is 2. The number of benzene rings is 1. The Balaban J connectivity index is 0.00000272. The molecule has 1 N–H and O–H groups in total. The van der Waals surface area contributed by atoms with Crippen LogP contribution in [0.5, 0.6) is 0 Å². The third-order valence-electron chi connectivity index (χ3n) is 6.35. The zero-order chi connectivity index (χ0) is 21.0. The number of aliphatic imine (C=N–C) groups is 1. The Labute approximate surface area is 201 Å². The van der Waals surface area contributed by atoms with Crippen molar-refractivity contribution in [1.82, 2.24) is 20.0 Å². The number of morpholine rings is 1. The predicted octanol–water partition coefficient (Wildman–Crippen LogP) is 4.03. The number of guanidine groups is 1. The molecular formula is C23H33FIN5O. The van der Waals surface area contributed by atoms with Gasteiger partial charge in [0.25, 0.3) is 0 Å². The van der Waals surface area contributed by atoms with E-state index in [0.717, 1.165) is 50.5 Å². The third-order valence-corrected chi connectivity index (χ3v) is 6.35. The number of rotatable bonds is 5. The molecular weight excluding hydrogens is 508 g/mol. The summed E-state index contributed by atoms with van der Waals surface area (Å²) in [4.78, 5) is 7.37. The summed E-state index contributed by atoms with van der Waals surface area (Å²) in [5.74, 6) is 0.751. The van der Waals surface area contributed by atoms with Crippen molar-refractivity contribution in [3.8, 4) is 0 Å². The Kier molecular flexibility index (Phi) is 8.32. The Hall–Kier alpha value is -1.68. The maximum Gasteiger partial charge on any atom is 0.194 e. The summed E-state index contributed by atoms with van der Waals surface area (Å²) in [6.07, 6.45) is 8.48. The molecule has 0 amide bonds.